The summed E-state index contributed by atoms with van der Waals surface area (Å²) in [7, 11) is -0.691. The van der Waals surface area contributed by atoms with E-state index in [9.17, 15) is 4.21 Å². The van der Waals surface area contributed by atoms with Crippen molar-refractivity contribution in [1.82, 2.24) is 15.2 Å². The van der Waals surface area contributed by atoms with Crippen LogP contribution in [-0.2, 0) is 17.3 Å². The average Bonchev–Trinajstić information content (AvgIpc) is 3.14. The van der Waals surface area contributed by atoms with Crippen molar-refractivity contribution in [3.05, 3.63) is 36.5 Å². The molecule has 3 unspecified atom stereocenters. The van der Waals surface area contributed by atoms with Crippen LogP contribution >= 0.6 is 24.0 Å². The maximum Gasteiger partial charge on any atom is 0.191 e. The summed E-state index contributed by atoms with van der Waals surface area (Å²) in [5.41, 5.74) is 1.29. The Hall–Kier alpha value is -1.09. The Bertz CT molecular complexity index is 807. The minimum Gasteiger partial charge on any atom is -0.357 e. The van der Waals surface area contributed by atoms with E-state index >= 15 is 0 Å². The van der Waals surface area contributed by atoms with Crippen molar-refractivity contribution in [2.75, 3.05) is 18.8 Å². The lowest BCUT2D eigenvalue weighted by Gasteiger charge is -2.30. The number of hydrogen-bond acceptors (Lipinski definition) is 2. The molecule has 1 saturated carbocycles. The van der Waals surface area contributed by atoms with Crippen molar-refractivity contribution in [2.45, 2.75) is 63.8 Å². The third kappa shape index (κ3) is 6.98. The summed E-state index contributed by atoms with van der Waals surface area (Å²) in [6.45, 7) is 6.73. The maximum atomic E-state index is 12.2. The second-order valence-electron chi connectivity index (χ2n) is 7.48. The molecular formula is C22H35IN4OS. The number of nitrogens with one attached hydrogen (secondary N) is 2. The van der Waals surface area contributed by atoms with Crippen LogP contribution in [0.1, 0.15) is 46.0 Å². The number of aryl methyl sites for hydroxylation is 1. The van der Waals surface area contributed by atoms with E-state index in [0.29, 0.717) is 11.3 Å². The van der Waals surface area contributed by atoms with Gasteiger partial charge in [0.2, 0.25) is 0 Å². The lowest BCUT2D eigenvalue weighted by molar-refractivity contribution is 0.413. The van der Waals surface area contributed by atoms with Crippen molar-refractivity contribution in [3.63, 3.8) is 0 Å². The Kier molecular flexibility index (Phi) is 10.5. The molecule has 162 valence electrons. The van der Waals surface area contributed by atoms with Gasteiger partial charge in [0.1, 0.15) is 0 Å². The van der Waals surface area contributed by atoms with E-state index in [2.05, 4.69) is 58.7 Å². The first-order valence-corrected chi connectivity index (χ1v) is 12.0. The fourth-order valence-corrected chi connectivity index (χ4v) is 5.38. The lowest BCUT2D eigenvalue weighted by atomic mass is 9.95. The molecule has 3 rings (SSSR count). The molecule has 2 aromatic rings. The largest absolute Gasteiger partial charge is 0.357 e. The number of aliphatic imine (C=N–C) groups is 1. The molecule has 0 saturated heterocycles. The molecule has 5 nitrogen and oxygen atoms in total. The number of nitrogens with zero attached hydrogens (tertiary/aromatic N) is 2. The minimum absolute atomic E-state index is 0. The van der Waals surface area contributed by atoms with E-state index in [0.717, 1.165) is 63.5 Å². The summed E-state index contributed by atoms with van der Waals surface area (Å²) in [5.74, 6) is 1.66. The summed E-state index contributed by atoms with van der Waals surface area (Å²) in [4.78, 5) is 4.78. The highest BCUT2D eigenvalue weighted by molar-refractivity contribution is 14.0. The highest BCUT2D eigenvalue weighted by Crippen LogP contribution is 2.23. The van der Waals surface area contributed by atoms with E-state index < -0.39 is 10.8 Å². The predicted octanol–water partition coefficient (Wildman–Crippen LogP) is 4.28. The lowest BCUT2D eigenvalue weighted by Crippen LogP contribution is -2.46. The van der Waals surface area contributed by atoms with Crippen LogP contribution in [-0.4, -0.2) is 44.9 Å². The zero-order chi connectivity index (χ0) is 19.8. The van der Waals surface area contributed by atoms with Crippen molar-refractivity contribution >= 4 is 51.6 Å². The van der Waals surface area contributed by atoms with Gasteiger partial charge in [0.05, 0.1) is 0 Å². The Morgan fingerprint density at radius 3 is 2.86 bits per heavy atom. The van der Waals surface area contributed by atoms with E-state index in [1.165, 1.54) is 10.9 Å². The molecule has 7 heteroatoms. The van der Waals surface area contributed by atoms with Crippen molar-refractivity contribution < 1.29 is 4.21 Å². The molecule has 0 radical (unpaired) electrons. The molecule has 1 fully saturated rings. The number of aromatic nitrogens is 1. The van der Waals surface area contributed by atoms with Crippen LogP contribution < -0.4 is 10.6 Å². The fourth-order valence-electron chi connectivity index (χ4n) is 4.03. The van der Waals surface area contributed by atoms with Gasteiger partial charge in [-0.1, -0.05) is 31.5 Å². The molecule has 0 amide bonds. The van der Waals surface area contributed by atoms with E-state index in [-0.39, 0.29) is 24.0 Å². The van der Waals surface area contributed by atoms with Gasteiger partial charge in [-0.25, -0.2) is 0 Å². The number of para-hydroxylation sites is 1. The zero-order valence-electron chi connectivity index (χ0n) is 17.6. The summed E-state index contributed by atoms with van der Waals surface area (Å²) >= 11 is 0. The molecule has 29 heavy (non-hydrogen) atoms. The number of fused-ring (bicyclic) bond motifs is 1. The average molecular weight is 531 g/mol. The highest BCUT2D eigenvalue weighted by Gasteiger charge is 2.25. The molecule has 1 aromatic heterocycles. The van der Waals surface area contributed by atoms with Crippen molar-refractivity contribution in [3.8, 4) is 0 Å². The summed E-state index contributed by atoms with van der Waals surface area (Å²) in [6.07, 6.45) is 7.53. The first-order chi connectivity index (χ1) is 13.7. The third-order valence-electron chi connectivity index (χ3n) is 5.47. The van der Waals surface area contributed by atoms with Crippen molar-refractivity contribution in [2.24, 2.45) is 4.99 Å². The number of benzene rings is 1. The second-order valence-corrected chi connectivity index (χ2v) is 9.49. The molecule has 3 atom stereocenters. The highest BCUT2D eigenvalue weighted by atomic mass is 127. The smallest absolute Gasteiger partial charge is 0.191 e. The minimum atomic E-state index is -0.691. The monoisotopic (exact) mass is 530 g/mol. The molecule has 1 heterocycles. The zero-order valence-corrected chi connectivity index (χ0v) is 20.7. The quantitative estimate of drug-likeness (QED) is 0.232. The van der Waals surface area contributed by atoms with Gasteiger partial charge in [0, 0.05) is 59.2 Å². The topological polar surface area (TPSA) is 58.4 Å². The van der Waals surface area contributed by atoms with E-state index in [1.807, 2.05) is 6.92 Å². The van der Waals surface area contributed by atoms with Crippen LogP contribution in [0.5, 0.6) is 0 Å². The first kappa shape index (κ1) is 24.2. The molecule has 0 aliphatic heterocycles. The Labute approximate surface area is 194 Å². The number of rotatable bonds is 8. The Morgan fingerprint density at radius 2 is 2.07 bits per heavy atom. The van der Waals surface area contributed by atoms with Gasteiger partial charge in [-0.3, -0.25) is 9.20 Å². The van der Waals surface area contributed by atoms with Crippen LogP contribution in [0.4, 0.5) is 0 Å². The van der Waals surface area contributed by atoms with Gasteiger partial charge in [-0.05, 0) is 50.1 Å². The molecule has 1 aliphatic rings. The molecule has 2 N–H and O–H groups in total. The second kappa shape index (κ2) is 12.6. The van der Waals surface area contributed by atoms with Crippen LogP contribution in [0.3, 0.4) is 0 Å². The van der Waals surface area contributed by atoms with Gasteiger partial charge in [0.25, 0.3) is 0 Å². The molecule has 1 aliphatic carbocycles. The first-order valence-electron chi connectivity index (χ1n) is 10.7. The number of halogens is 1. The van der Waals surface area contributed by atoms with E-state index in [1.54, 1.807) is 0 Å². The van der Waals surface area contributed by atoms with Gasteiger partial charge in [0.15, 0.2) is 5.96 Å². The van der Waals surface area contributed by atoms with Crippen LogP contribution in [0.25, 0.3) is 10.9 Å². The van der Waals surface area contributed by atoms with Crippen LogP contribution in [0, 0.1) is 0 Å². The van der Waals surface area contributed by atoms with Crippen LogP contribution in [0.2, 0.25) is 0 Å². The summed E-state index contributed by atoms with van der Waals surface area (Å²) in [6, 6.07) is 11.0. The van der Waals surface area contributed by atoms with Crippen molar-refractivity contribution in [1.29, 1.82) is 0 Å². The predicted molar refractivity (Wildman–Crippen MR) is 136 cm³/mol. The SMILES string of the molecule is CCNC(=NCCCn1ccc2ccccc21)NC1CCCC(S(=O)CC)C1.I. The molecule has 0 bridgehead atoms. The normalized spacial score (nSPS) is 20.8. The van der Waals surface area contributed by atoms with Gasteiger partial charge < -0.3 is 15.2 Å². The third-order valence-corrected chi connectivity index (χ3v) is 7.22. The maximum absolute atomic E-state index is 12.2. The fraction of sp³-hybridized carbons (Fsp3) is 0.591. The number of guanidine groups is 1. The molecular weight excluding hydrogens is 495 g/mol. The van der Waals surface area contributed by atoms with Crippen LogP contribution in [0.15, 0.2) is 41.5 Å². The molecule has 1 aromatic carbocycles. The Morgan fingerprint density at radius 1 is 1.24 bits per heavy atom. The number of hydrogen-bond donors (Lipinski definition) is 2. The van der Waals surface area contributed by atoms with Gasteiger partial charge >= 0.3 is 0 Å². The van der Waals surface area contributed by atoms with E-state index in [4.69, 9.17) is 4.99 Å². The van der Waals surface area contributed by atoms with Gasteiger partial charge in [-0.15, -0.1) is 24.0 Å². The summed E-state index contributed by atoms with van der Waals surface area (Å²) < 4.78 is 14.5. The molecule has 0 spiro atoms. The Balaban J connectivity index is 0.00000300. The van der Waals surface area contributed by atoms with Gasteiger partial charge in [-0.2, -0.15) is 0 Å². The standard InChI is InChI=1S/C22H34N4OS.HI/c1-3-23-22(25-19-10-7-11-20(17-19)28(27)4-2)24-14-8-15-26-16-13-18-9-5-6-12-21(18)26;/h5-6,9,12-13,16,19-20H,3-4,7-8,10-11,14-15,17H2,1-2H3,(H2,23,24,25);1H. The summed E-state index contributed by atoms with van der Waals surface area (Å²) in [5, 5.41) is 8.58.